The summed E-state index contributed by atoms with van der Waals surface area (Å²) < 4.78 is 3.18. The third-order valence-electron chi connectivity index (χ3n) is 3.51. The summed E-state index contributed by atoms with van der Waals surface area (Å²) in [5.41, 5.74) is 2.06. The van der Waals surface area contributed by atoms with E-state index in [9.17, 15) is 4.79 Å². The molecule has 3 aromatic rings. The highest BCUT2D eigenvalue weighted by molar-refractivity contribution is 8.01. The van der Waals surface area contributed by atoms with Crippen LogP contribution in [0.4, 0.5) is 0 Å². The Morgan fingerprint density at radius 3 is 2.65 bits per heavy atom. The van der Waals surface area contributed by atoms with Crippen LogP contribution in [-0.4, -0.2) is 28.0 Å². The summed E-state index contributed by atoms with van der Waals surface area (Å²) in [6.07, 6.45) is 0.773. The van der Waals surface area contributed by atoms with Gasteiger partial charge in [-0.25, -0.2) is 4.68 Å². The van der Waals surface area contributed by atoms with Gasteiger partial charge in [0.25, 0.3) is 0 Å². The van der Waals surface area contributed by atoms with Crippen LogP contribution in [-0.2, 0) is 11.2 Å². The average molecular weight is 422 g/mol. The number of aromatic nitrogens is 2. The Morgan fingerprint density at radius 1 is 1.19 bits per heavy atom. The molecule has 0 unspecified atom stereocenters. The first-order valence-corrected chi connectivity index (χ1v) is 10.5. The Hall–Kier alpha value is -1.67. The highest BCUT2D eigenvalue weighted by atomic mass is 35.5. The van der Waals surface area contributed by atoms with Gasteiger partial charge in [0.15, 0.2) is 8.29 Å². The zero-order valence-electron chi connectivity index (χ0n) is 13.7. The standard InChI is InChI=1S/C18H16ClN3OS3/c19-14-8-6-13(7-9-14)10-11-20-16(23)12-25-17-21-22(18(24)26-17)15-4-2-1-3-5-15/h1-9H,10-12H2,(H,20,23). The molecular formula is C18H16ClN3OS3. The number of nitrogens with one attached hydrogen (secondary N) is 1. The second kappa shape index (κ2) is 9.32. The minimum atomic E-state index is -0.0173. The van der Waals surface area contributed by atoms with Crippen molar-refractivity contribution in [1.82, 2.24) is 15.1 Å². The van der Waals surface area contributed by atoms with Crippen LogP contribution < -0.4 is 5.32 Å². The second-order valence-corrected chi connectivity index (χ2v) is 8.68. The average Bonchev–Trinajstić information content (AvgIpc) is 3.03. The molecule has 0 aliphatic carbocycles. The maximum Gasteiger partial charge on any atom is 0.230 e. The van der Waals surface area contributed by atoms with E-state index in [4.69, 9.17) is 23.8 Å². The predicted octanol–water partition coefficient (Wildman–Crippen LogP) is 4.77. The van der Waals surface area contributed by atoms with Crippen molar-refractivity contribution in [3.8, 4) is 5.69 Å². The van der Waals surface area contributed by atoms with Gasteiger partial charge in [-0.05, 0) is 48.5 Å². The van der Waals surface area contributed by atoms with E-state index < -0.39 is 0 Å². The summed E-state index contributed by atoms with van der Waals surface area (Å²) in [5.74, 6) is 0.300. The molecule has 134 valence electrons. The quantitative estimate of drug-likeness (QED) is 0.441. The number of hydrogen-bond acceptors (Lipinski definition) is 5. The predicted molar refractivity (Wildman–Crippen MR) is 111 cm³/mol. The molecule has 0 spiro atoms. The van der Waals surface area contributed by atoms with Crippen molar-refractivity contribution in [3.05, 3.63) is 69.1 Å². The normalized spacial score (nSPS) is 10.7. The number of benzene rings is 2. The van der Waals surface area contributed by atoms with Gasteiger partial charge in [-0.1, -0.05) is 65.0 Å². The lowest BCUT2D eigenvalue weighted by molar-refractivity contribution is -0.118. The molecule has 8 heteroatoms. The van der Waals surface area contributed by atoms with Crippen LogP contribution in [0.3, 0.4) is 0 Å². The smallest absolute Gasteiger partial charge is 0.230 e. The number of halogens is 1. The molecule has 0 saturated heterocycles. The van der Waals surface area contributed by atoms with Gasteiger partial charge in [-0.3, -0.25) is 4.79 Å². The van der Waals surface area contributed by atoms with E-state index in [2.05, 4.69) is 10.4 Å². The Morgan fingerprint density at radius 2 is 1.92 bits per heavy atom. The minimum Gasteiger partial charge on any atom is -0.355 e. The monoisotopic (exact) mass is 421 g/mol. The van der Waals surface area contributed by atoms with Crippen molar-refractivity contribution in [3.63, 3.8) is 0 Å². The van der Waals surface area contributed by atoms with Gasteiger partial charge in [0, 0.05) is 11.6 Å². The molecule has 0 aliphatic rings. The van der Waals surface area contributed by atoms with Gasteiger partial charge in [0.1, 0.15) is 0 Å². The lowest BCUT2D eigenvalue weighted by Gasteiger charge is -2.04. The molecule has 1 N–H and O–H groups in total. The summed E-state index contributed by atoms with van der Waals surface area (Å²) in [5, 5.41) is 8.12. The van der Waals surface area contributed by atoms with Crippen molar-refractivity contribution < 1.29 is 4.79 Å². The van der Waals surface area contributed by atoms with Crippen molar-refractivity contribution in [1.29, 1.82) is 0 Å². The van der Waals surface area contributed by atoms with E-state index in [0.29, 0.717) is 21.3 Å². The molecule has 3 rings (SSSR count). The van der Waals surface area contributed by atoms with Gasteiger partial charge in [-0.15, -0.1) is 5.10 Å². The molecule has 1 heterocycles. The molecule has 2 aromatic carbocycles. The number of hydrogen-bond donors (Lipinski definition) is 1. The summed E-state index contributed by atoms with van der Waals surface area (Å²) in [6, 6.07) is 17.4. The number of carbonyl (C=O) groups is 1. The van der Waals surface area contributed by atoms with Crippen molar-refractivity contribution in [2.24, 2.45) is 0 Å². The zero-order valence-corrected chi connectivity index (χ0v) is 16.9. The van der Waals surface area contributed by atoms with Crippen LogP contribution >= 0.6 is 46.9 Å². The van der Waals surface area contributed by atoms with Gasteiger partial charge >= 0.3 is 0 Å². The van der Waals surface area contributed by atoms with Gasteiger partial charge in [0.2, 0.25) is 5.91 Å². The van der Waals surface area contributed by atoms with Crippen LogP contribution in [0.5, 0.6) is 0 Å². The van der Waals surface area contributed by atoms with Crippen LogP contribution in [0, 0.1) is 3.95 Å². The summed E-state index contributed by atoms with van der Waals surface area (Å²) in [7, 11) is 0. The molecule has 4 nitrogen and oxygen atoms in total. The Kier molecular flexibility index (Phi) is 6.85. The van der Waals surface area contributed by atoms with Crippen molar-refractivity contribution in [2.45, 2.75) is 10.8 Å². The van der Waals surface area contributed by atoms with E-state index >= 15 is 0 Å². The number of rotatable bonds is 7. The lowest BCUT2D eigenvalue weighted by atomic mass is 10.1. The van der Waals surface area contributed by atoms with Gasteiger partial charge in [-0.2, -0.15) is 0 Å². The van der Waals surface area contributed by atoms with Crippen molar-refractivity contribution in [2.75, 3.05) is 12.3 Å². The molecule has 0 aliphatic heterocycles. The molecule has 0 fully saturated rings. The van der Waals surface area contributed by atoms with Crippen molar-refractivity contribution >= 4 is 52.8 Å². The first kappa shape index (κ1) is 19.1. The van der Waals surface area contributed by atoms with Crippen LogP contribution in [0.15, 0.2) is 58.9 Å². The summed E-state index contributed by atoms with van der Waals surface area (Å²) in [6.45, 7) is 0.592. The minimum absolute atomic E-state index is 0.0173. The fraction of sp³-hybridized carbons (Fsp3) is 0.167. The Bertz CT molecular complexity index is 923. The van der Waals surface area contributed by atoms with E-state index in [0.717, 1.165) is 22.0 Å². The summed E-state index contributed by atoms with van der Waals surface area (Å²) >= 11 is 14.0. The Balaban J connectivity index is 1.47. The largest absolute Gasteiger partial charge is 0.355 e. The first-order chi connectivity index (χ1) is 12.6. The third kappa shape index (κ3) is 5.41. The maximum absolute atomic E-state index is 12.0. The number of para-hydroxylation sites is 1. The van der Waals surface area contributed by atoms with Crippen LogP contribution in [0.1, 0.15) is 5.56 Å². The number of nitrogens with zero attached hydrogens (tertiary/aromatic N) is 2. The van der Waals surface area contributed by atoms with E-state index in [-0.39, 0.29) is 5.91 Å². The second-order valence-electron chi connectivity index (χ2n) is 5.40. The van der Waals surface area contributed by atoms with Crippen LogP contribution in [0.25, 0.3) is 5.69 Å². The van der Waals surface area contributed by atoms with Gasteiger partial charge in [0.05, 0.1) is 11.4 Å². The van der Waals surface area contributed by atoms with E-state index in [1.54, 1.807) is 4.68 Å². The molecule has 0 radical (unpaired) electrons. The van der Waals surface area contributed by atoms with E-state index in [1.807, 2.05) is 54.6 Å². The molecule has 1 amide bonds. The number of amides is 1. The molecular weight excluding hydrogens is 406 g/mol. The highest BCUT2D eigenvalue weighted by Gasteiger charge is 2.09. The molecule has 0 saturated carbocycles. The van der Waals surface area contributed by atoms with Crippen LogP contribution in [0.2, 0.25) is 5.02 Å². The number of carbonyl (C=O) groups excluding carboxylic acids is 1. The fourth-order valence-corrected chi connectivity index (χ4v) is 4.54. The molecule has 0 bridgehead atoms. The topological polar surface area (TPSA) is 46.9 Å². The molecule has 26 heavy (non-hydrogen) atoms. The number of thioether (sulfide) groups is 1. The Labute approximate surface area is 170 Å². The molecule has 0 atom stereocenters. The first-order valence-electron chi connectivity index (χ1n) is 7.91. The zero-order chi connectivity index (χ0) is 18.4. The highest BCUT2D eigenvalue weighted by Crippen LogP contribution is 2.23. The molecule has 1 aromatic heterocycles. The van der Waals surface area contributed by atoms with E-state index in [1.165, 1.54) is 23.1 Å². The fourth-order valence-electron chi connectivity index (χ4n) is 2.23. The lowest BCUT2D eigenvalue weighted by Crippen LogP contribution is -2.27. The third-order valence-corrected chi connectivity index (χ3v) is 6.12. The SMILES string of the molecule is O=C(CSc1nn(-c2ccccc2)c(=S)s1)NCCc1ccc(Cl)cc1. The van der Waals surface area contributed by atoms with Gasteiger partial charge < -0.3 is 5.32 Å². The summed E-state index contributed by atoms with van der Waals surface area (Å²) in [4.78, 5) is 12.0. The maximum atomic E-state index is 12.0.